The Morgan fingerprint density at radius 1 is 1.06 bits per heavy atom. The third-order valence-corrected chi connectivity index (χ3v) is 3.20. The van der Waals surface area contributed by atoms with Crippen molar-refractivity contribution >= 4 is 11.6 Å². The summed E-state index contributed by atoms with van der Waals surface area (Å²) in [6, 6.07) is 5.84. The van der Waals surface area contributed by atoms with Gasteiger partial charge in [-0.2, -0.15) is 0 Å². The van der Waals surface area contributed by atoms with E-state index < -0.39 is 0 Å². The van der Waals surface area contributed by atoms with Crippen molar-refractivity contribution in [3.8, 4) is 11.5 Å². The standard InChI is InChI=1S/C15H23ClO2/c1-3-4-5-6-7-10-18-14-9-8-13(12-16)11-15(14)17-2/h8-9,11H,3-7,10,12H2,1-2H3. The first kappa shape index (κ1) is 15.2. The number of ether oxygens (including phenoxy) is 2. The van der Waals surface area contributed by atoms with Crippen molar-refractivity contribution < 1.29 is 9.47 Å². The molecule has 1 rings (SSSR count). The summed E-state index contributed by atoms with van der Waals surface area (Å²) in [5, 5.41) is 0. The van der Waals surface area contributed by atoms with E-state index in [1.54, 1.807) is 7.11 Å². The summed E-state index contributed by atoms with van der Waals surface area (Å²) in [4.78, 5) is 0. The highest BCUT2D eigenvalue weighted by Crippen LogP contribution is 2.28. The van der Waals surface area contributed by atoms with Crippen molar-refractivity contribution in [2.75, 3.05) is 13.7 Å². The van der Waals surface area contributed by atoms with E-state index in [1.807, 2.05) is 18.2 Å². The Morgan fingerprint density at radius 3 is 2.50 bits per heavy atom. The van der Waals surface area contributed by atoms with E-state index in [9.17, 15) is 0 Å². The molecule has 3 heteroatoms. The van der Waals surface area contributed by atoms with Crippen molar-refractivity contribution in [1.29, 1.82) is 0 Å². The van der Waals surface area contributed by atoms with Crippen LogP contribution in [0.1, 0.15) is 44.6 Å². The van der Waals surface area contributed by atoms with Crippen molar-refractivity contribution in [2.45, 2.75) is 44.9 Å². The zero-order valence-electron chi connectivity index (χ0n) is 11.4. The molecule has 0 heterocycles. The number of rotatable bonds is 9. The molecule has 0 aliphatic rings. The van der Waals surface area contributed by atoms with E-state index in [2.05, 4.69) is 6.92 Å². The van der Waals surface area contributed by atoms with Crippen LogP contribution in [0.4, 0.5) is 0 Å². The molecule has 18 heavy (non-hydrogen) atoms. The fourth-order valence-corrected chi connectivity index (χ4v) is 1.97. The number of hydrogen-bond acceptors (Lipinski definition) is 2. The van der Waals surface area contributed by atoms with Gasteiger partial charge < -0.3 is 9.47 Å². The van der Waals surface area contributed by atoms with Gasteiger partial charge in [-0.05, 0) is 24.1 Å². The number of halogens is 1. The van der Waals surface area contributed by atoms with Crippen molar-refractivity contribution in [3.63, 3.8) is 0 Å². The predicted molar refractivity (Wildman–Crippen MR) is 76.8 cm³/mol. The smallest absolute Gasteiger partial charge is 0.161 e. The number of unbranched alkanes of at least 4 members (excludes halogenated alkanes) is 4. The predicted octanol–water partition coefficient (Wildman–Crippen LogP) is 4.78. The molecule has 0 aromatic heterocycles. The lowest BCUT2D eigenvalue weighted by Gasteiger charge is -2.11. The molecule has 102 valence electrons. The molecule has 0 bridgehead atoms. The monoisotopic (exact) mass is 270 g/mol. The van der Waals surface area contributed by atoms with Crippen LogP contribution >= 0.6 is 11.6 Å². The minimum Gasteiger partial charge on any atom is -0.493 e. The number of hydrogen-bond donors (Lipinski definition) is 0. The first-order valence-electron chi connectivity index (χ1n) is 6.67. The van der Waals surface area contributed by atoms with Crippen LogP contribution in [0.5, 0.6) is 11.5 Å². The summed E-state index contributed by atoms with van der Waals surface area (Å²) in [5.74, 6) is 2.07. The van der Waals surface area contributed by atoms with E-state index in [0.29, 0.717) is 5.88 Å². The first-order valence-corrected chi connectivity index (χ1v) is 7.21. The van der Waals surface area contributed by atoms with Crippen molar-refractivity contribution in [1.82, 2.24) is 0 Å². The quantitative estimate of drug-likeness (QED) is 0.475. The second-order valence-electron chi connectivity index (χ2n) is 4.38. The number of alkyl halides is 1. The third-order valence-electron chi connectivity index (χ3n) is 2.89. The number of benzene rings is 1. The Hall–Kier alpha value is -0.890. The number of methoxy groups -OCH3 is 1. The molecular weight excluding hydrogens is 248 g/mol. The van der Waals surface area contributed by atoms with Gasteiger partial charge in [0.1, 0.15) is 0 Å². The molecule has 0 atom stereocenters. The molecule has 0 saturated carbocycles. The summed E-state index contributed by atoms with van der Waals surface area (Å²) in [5.41, 5.74) is 1.05. The summed E-state index contributed by atoms with van der Waals surface area (Å²) < 4.78 is 11.0. The van der Waals surface area contributed by atoms with Crippen molar-refractivity contribution in [3.05, 3.63) is 23.8 Å². The Kier molecular flexibility index (Phi) is 7.66. The van der Waals surface area contributed by atoms with Crippen LogP contribution < -0.4 is 9.47 Å². The fraction of sp³-hybridized carbons (Fsp3) is 0.600. The normalized spacial score (nSPS) is 10.4. The summed E-state index contributed by atoms with van der Waals surface area (Å²) in [6.07, 6.45) is 6.21. The lowest BCUT2D eigenvalue weighted by Crippen LogP contribution is -1.99. The molecule has 0 N–H and O–H groups in total. The van der Waals surface area contributed by atoms with Crippen LogP contribution in [0.25, 0.3) is 0 Å². The van der Waals surface area contributed by atoms with Gasteiger partial charge in [-0.1, -0.05) is 38.7 Å². The van der Waals surface area contributed by atoms with E-state index >= 15 is 0 Å². The average Bonchev–Trinajstić information content (AvgIpc) is 2.42. The minimum atomic E-state index is 0.494. The van der Waals surface area contributed by atoms with Gasteiger partial charge >= 0.3 is 0 Å². The van der Waals surface area contributed by atoms with Gasteiger partial charge in [-0.15, -0.1) is 11.6 Å². The zero-order chi connectivity index (χ0) is 13.2. The van der Waals surface area contributed by atoms with Crippen LogP contribution in [0.2, 0.25) is 0 Å². The lowest BCUT2D eigenvalue weighted by atomic mass is 10.2. The summed E-state index contributed by atoms with van der Waals surface area (Å²) >= 11 is 5.79. The molecule has 0 fully saturated rings. The molecule has 0 radical (unpaired) electrons. The van der Waals surface area contributed by atoms with E-state index in [-0.39, 0.29) is 0 Å². The average molecular weight is 271 g/mol. The highest BCUT2D eigenvalue weighted by atomic mass is 35.5. The van der Waals surface area contributed by atoms with Crippen LogP contribution in [0.15, 0.2) is 18.2 Å². The summed E-state index contributed by atoms with van der Waals surface area (Å²) in [6.45, 7) is 2.97. The van der Waals surface area contributed by atoms with E-state index in [0.717, 1.165) is 30.1 Å². The third kappa shape index (κ3) is 5.18. The van der Waals surface area contributed by atoms with Crippen LogP contribution in [-0.2, 0) is 5.88 Å². The van der Waals surface area contributed by atoms with E-state index in [4.69, 9.17) is 21.1 Å². The highest BCUT2D eigenvalue weighted by Gasteiger charge is 2.05. The maximum atomic E-state index is 5.79. The van der Waals surface area contributed by atoms with Gasteiger partial charge in [-0.25, -0.2) is 0 Å². The lowest BCUT2D eigenvalue weighted by molar-refractivity contribution is 0.284. The van der Waals surface area contributed by atoms with Gasteiger partial charge in [-0.3, -0.25) is 0 Å². The zero-order valence-corrected chi connectivity index (χ0v) is 12.1. The molecule has 1 aromatic rings. The molecule has 2 nitrogen and oxygen atoms in total. The van der Waals surface area contributed by atoms with Crippen LogP contribution in [0, 0.1) is 0 Å². The molecule has 0 unspecified atom stereocenters. The highest BCUT2D eigenvalue weighted by molar-refractivity contribution is 6.17. The van der Waals surface area contributed by atoms with Gasteiger partial charge in [0.2, 0.25) is 0 Å². The summed E-state index contributed by atoms with van der Waals surface area (Å²) in [7, 11) is 1.65. The van der Waals surface area contributed by atoms with Gasteiger partial charge in [0.15, 0.2) is 11.5 Å². The minimum absolute atomic E-state index is 0.494. The molecular formula is C15H23ClO2. The maximum absolute atomic E-state index is 5.79. The van der Waals surface area contributed by atoms with Gasteiger partial charge in [0, 0.05) is 5.88 Å². The van der Waals surface area contributed by atoms with Gasteiger partial charge in [0.05, 0.1) is 13.7 Å². The topological polar surface area (TPSA) is 18.5 Å². The second kappa shape index (κ2) is 9.09. The van der Waals surface area contributed by atoms with E-state index in [1.165, 1.54) is 25.7 Å². The Balaban J connectivity index is 2.37. The SMILES string of the molecule is CCCCCCCOc1ccc(CCl)cc1OC. The molecule has 0 saturated heterocycles. The molecule has 0 aliphatic heterocycles. The molecule has 0 spiro atoms. The second-order valence-corrected chi connectivity index (χ2v) is 4.65. The fourth-order valence-electron chi connectivity index (χ4n) is 1.80. The largest absolute Gasteiger partial charge is 0.493 e. The Morgan fingerprint density at radius 2 is 1.83 bits per heavy atom. The maximum Gasteiger partial charge on any atom is 0.161 e. The van der Waals surface area contributed by atoms with Crippen LogP contribution in [0.3, 0.4) is 0 Å². The molecule has 1 aromatic carbocycles. The molecule has 0 aliphatic carbocycles. The molecule has 0 amide bonds. The Labute approximate surface area is 115 Å². The van der Waals surface area contributed by atoms with Gasteiger partial charge in [0.25, 0.3) is 0 Å². The Bertz CT molecular complexity index is 339. The van der Waals surface area contributed by atoms with Crippen LogP contribution in [-0.4, -0.2) is 13.7 Å². The van der Waals surface area contributed by atoms with Crippen molar-refractivity contribution in [2.24, 2.45) is 0 Å². The first-order chi connectivity index (χ1) is 8.81.